The van der Waals surface area contributed by atoms with Gasteiger partial charge in [0.1, 0.15) is 35.7 Å². The molecule has 0 radical (unpaired) electrons. The van der Waals surface area contributed by atoms with Crippen molar-refractivity contribution in [3.05, 3.63) is 208 Å². The summed E-state index contributed by atoms with van der Waals surface area (Å²) in [6.45, 7) is 4.41. The van der Waals surface area contributed by atoms with E-state index in [1.54, 1.807) is 41.3 Å². The fourth-order valence-electron chi connectivity index (χ4n) is 10.9. The lowest BCUT2D eigenvalue weighted by atomic mass is 9.55. The Bertz CT molecular complexity index is 2980. The van der Waals surface area contributed by atoms with Crippen LogP contribution in [0.4, 0.5) is 10.1 Å². The van der Waals surface area contributed by atoms with E-state index in [0.29, 0.717) is 46.9 Å². The average Bonchev–Trinajstić information content (AvgIpc) is 3.41. The van der Waals surface area contributed by atoms with Gasteiger partial charge in [0.25, 0.3) is 5.69 Å². The highest BCUT2D eigenvalue weighted by Gasteiger charge is 2.65. The Morgan fingerprint density at radius 3 is 2.30 bits per heavy atom. The highest BCUT2D eigenvalue weighted by atomic mass is 19.1. The molecular weight excluding hydrogens is 926 g/mol. The Morgan fingerprint density at radius 1 is 0.849 bits per heavy atom. The highest BCUT2D eigenvalue weighted by molar-refractivity contribution is 6.03. The number of ether oxygens (including phenoxy) is 3. The third-order valence-corrected chi connectivity index (χ3v) is 14.3. The van der Waals surface area contributed by atoms with E-state index in [4.69, 9.17) is 24.2 Å². The number of aliphatic hydroxyl groups excluding tert-OH is 2. The van der Waals surface area contributed by atoms with Gasteiger partial charge in [-0.15, -0.1) is 6.58 Å². The Labute approximate surface area is 424 Å². The van der Waals surface area contributed by atoms with Crippen LogP contribution in [0.15, 0.2) is 175 Å². The van der Waals surface area contributed by atoms with Crippen LogP contribution in [0.1, 0.15) is 73.1 Å². The Balaban J connectivity index is 1.24. The molecule has 1 fully saturated rings. The minimum absolute atomic E-state index is 0.00735. The smallest absolute Gasteiger partial charge is 0.269 e. The largest absolute Gasteiger partial charge is 0.459 e. The van der Waals surface area contributed by atoms with Gasteiger partial charge < -0.3 is 34.2 Å². The molecule has 2 N–H and O–H groups in total. The van der Waals surface area contributed by atoms with Crippen LogP contribution in [0.25, 0.3) is 16.8 Å². The van der Waals surface area contributed by atoms with Crippen LogP contribution in [0.3, 0.4) is 0 Å². The molecule has 0 aromatic heterocycles. The molecule has 6 aromatic carbocycles. The minimum atomic E-state index is -1.58. The fraction of sp³-hybridized carbons (Fsp3) is 0.300. The molecule has 0 bridgehead atoms. The number of allylic oxidation sites excluding steroid dienone is 1. The van der Waals surface area contributed by atoms with Gasteiger partial charge in [-0.1, -0.05) is 103 Å². The number of rotatable bonds is 22. The van der Waals surface area contributed by atoms with Gasteiger partial charge in [0.15, 0.2) is 0 Å². The van der Waals surface area contributed by atoms with Gasteiger partial charge in [-0.3, -0.25) is 14.9 Å². The fourth-order valence-corrected chi connectivity index (χ4v) is 10.9. The first-order chi connectivity index (χ1) is 35.7. The standard InChI is InChI=1S/C60H60FN3O9/c1-2-34-70-60-56(63(39-42-18-24-47(61)25-19-42)57(67)31-22-41-20-26-48(27-21-41)64(68)69)38-54(62-71-40-43-12-4-3-5-13-43)52-36-46(16-8-10-32-65)51(17-9-11-33-66)58(59(52)60)53-37-50(29-30-55(53)73-60)72-49-28-23-44-14-6-7-15-45(44)35-49/h2-7,12-15,18-31,35-37,46,51,56,58-59,65-66H,1,8-11,16-17,32-34,38-40H2/t46-,51+,56-,58+,59+,60+/m0/s1. The molecule has 13 heteroatoms. The van der Waals surface area contributed by atoms with Gasteiger partial charge in [-0.2, -0.15) is 0 Å². The molecule has 0 unspecified atom stereocenters. The lowest BCUT2D eigenvalue weighted by Crippen LogP contribution is -2.70. The van der Waals surface area contributed by atoms with E-state index in [9.17, 15) is 24.7 Å². The number of hydrogen-bond donors (Lipinski definition) is 2. The molecule has 12 nitrogen and oxygen atoms in total. The van der Waals surface area contributed by atoms with E-state index in [0.717, 1.165) is 53.2 Å². The van der Waals surface area contributed by atoms with Gasteiger partial charge in [0.05, 0.1) is 23.2 Å². The number of hydrogen-bond acceptors (Lipinski definition) is 10. The lowest BCUT2D eigenvalue weighted by Gasteiger charge is -2.60. The van der Waals surface area contributed by atoms with E-state index in [2.05, 4.69) is 24.8 Å². The second-order valence-corrected chi connectivity index (χ2v) is 18.9. The number of carbonyl (C=O) groups is 1. The number of benzene rings is 6. The number of amides is 1. The SMILES string of the molecule is C=CCO[C@@]12Oc3ccc(Oc4ccc5ccccc5c4)cc3[C@H]3[C@H](CCCCO)[C@@H](CCCCO)C=C(C(=NOCc4ccccc4)C[C@@H]1N(Cc1ccc(F)cc1)C(=O)C=Cc1ccc([N+](=O)[O-])cc1)[C@H]32. The third kappa shape index (κ3) is 11.4. The maximum absolute atomic E-state index is 15.3. The van der Waals surface area contributed by atoms with Crippen LogP contribution in [0, 0.1) is 33.7 Å². The number of nitro benzene ring substituents is 1. The summed E-state index contributed by atoms with van der Waals surface area (Å²) in [6.07, 6.45) is 11.4. The number of fused-ring (bicyclic) bond motifs is 3. The minimum Gasteiger partial charge on any atom is -0.459 e. The van der Waals surface area contributed by atoms with Gasteiger partial charge in [0, 0.05) is 55.9 Å². The number of carbonyl (C=O) groups excluding carboxylic acids is 1. The Hall–Kier alpha value is -7.45. The van der Waals surface area contributed by atoms with Gasteiger partial charge in [-0.05, 0) is 131 Å². The molecule has 1 aliphatic heterocycles. The molecule has 1 saturated carbocycles. The lowest BCUT2D eigenvalue weighted by molar-refractivity contribution is -0.384. The summed E-state index contributed by atoms with van der Waals surface area (Å²) in [7, 11) is 0. The average molecular weight is 986 g/mol. The van der Waals surface area contributed by atoms with Crippen LogP contribution in [-0.2, 0) is 27.5 Å². The molecule has 6 atom stereocenters. The Kier molecular flexibility index (Phi) is 16.2. The maximum atomic E-state index is 15.3. The van der Waals surface area contributed by atoms with Gasteiger partial charge in [-0.25, -0.2) is 4.39 Å². The number of oxime groups is 1. The molecule has 1 heterocycles. The maximum Gasteiger partial charge on any atom is 0.269 e. The predicted molar refractivity (Wildman–Crippen MR) is 279 cm³/mol. The topological polar surface area (TPSA) is 153 Å². The molecule has 3 aliphatic rings. The molecule has 1 amide bonds. The van der Waals surface area contributed by atoms with Crippen molar-refractivity contribution in [2.75, 3.05) is 19.8 Å². The molecule has 0 saturated heterocycles. The van der Waals surface area contributed by atoms with Crippen molar-refractivity contribution in [3.8, 4) is 17.2 Å². The summed E-state index contributed by atoms with van der Waals surface area (Å²) < 4.78 is 35.9. The molecule has 0 spiro atoms. The number of aliphatic hydroxyl groups is 2. The zero-order chi connectivity index (χ0) is 50.7. The number of non-ortho nitro benzene ring substituents is 1. The molecule has 6 aromatic rings. The second-order valence-electron chi connectivity index (χ2n) is 18.9. The van der Waals surface area contributed by atoms with Crippen molar-refractivity contribution < 1.29 is 43.4 Å². The predicted octanol–water partition coefficient (Wildman–Crippen LogP) is 12.3. The first kappa shape index (κ1) is 50.5. The summed E-state index contributed by atoms with van der Waals surface area (Å²) in [5, 5.41) is 38.8. The van der Waals surface area contributed by atoms with Crippen LogP contribution in [0.2, 0.25) is 0 Å². The van der Waals surface area contributed by atoms with Crippen LogP contribution in [0.5, 0.6) is 17.2 Å². The third-order valence-electron chi connectivity index (χ3n) is 14.3. The molecule has 376 valence electrons. The summed E-state index contributed by atoms with van der Waals surface area (Å²) in [5.74, 6) is -1.58. The molecule has 2 aliphatic carbocycles. The van der Waals surface area contributed by atoms with E-state index in [1.807, 2.05) is 78.9 Å². The van der Waals surface area contributed by atoms with Gasteiger partial charge in [0.2, 0.25) is 11.7 Å². The van der Waals surface area contributed by atoms with Crippen molar-refractivity contribution in [3.63, 3.8) is 0 Å². The zero-order valence-electron chi connectivity index (χ0n) is 40.6. The van der Waals surface area contributed by atoms with Crippen molar-refractivity contribution in [2.45, 2.75) is 75.8 Å². The van der Waals surface area contributed by atoms with E-state index >= 15 is 4.79 Å². The quantitative estimate of drug-likeness (QED) is 0.0222. The summed E-state index contributed by atoms with van der Waals surface area (Å²) >= 11 is 0. The second kappa shape index (κ2) is 23.4. The molecule has 73 heavy (non-hydrogen) atoms. The number of unbranched alkanes of at least 4 members (excludes halogenated alkanes) is 2. The zero-order valence-corrected chi connectivity index (χ0v) is 40.6. The van der Waals surface area contributed by atoms with E-state index < -0.39 is 34.4 Å². The van der Waals surface area contributed by atoms with Crippen molar-refractivity contribution in [1.82, 2.24) is 4.90 Å². The van der Waals surface area contributed by atoms with Crippen molar-refractivity contribution in [1.29, 1.82) is 0 Å². The van der Waals surface area contributed by atoms with Crippen LogP contribution < -0.4 is 9.47 Å². The van der Waals surface area contributed by atoms with Crippen LogP contribution in [-0.4, -0.2) is 63.3 Å². The summed E-state index contributed by atoms with van der Waals surface area (Å²) in [6, 6.07) is 40.7. The summed E-state index contributed by atoms with van der Waals surface area (Å²) in [5.41, 5.74) is 4.43. The van der Waals surface area contributed by atoms with Crippen LogP contribution >= 0.6 is 0 Å². The van der Waals surface area contributed by atoms with Gasteiger partial charge >= 0.3 is 0 Å². The summed E-state index contributed by atoms with van der Waals surface area (Å²) in [4.78, 5) is 34.3. The Morgan fingerprint density at radius 2 is 1.56 bits per heavy atom. The molecular formula is C60H60FN3O9. The van der Waals surface area contributed by atoms with E-state index in [1.165, 1.54) is 30.3 Å². The van der Waals surface area contributed by atoms with E-state index in [-0.39, 0.29) is 62.8 Å². The normalized spacial score (nSPS) is 21.4. The van der Waals surface area contributed by atoms with Crippen molar-refractivity contribution >= 4 is 34.2 Å². The number of nitrogens with zero attached hydrogens (tertiary/aromatic N) is 3. The first-order valence-corrected chi connectivity index (χ1v) is 25.1. The monoisotopic (exact) mass is 985 g/mol. The number of nitro groups is 1. The van der Waals surface area contributed by atoms with Crippen molar-refractivity contribution in [2.24, 2.45) is 22.9 Å². The first-order valence-electron chi connectivity index (χ1n) is 25.1. The number of halogens is 1. The molecule has 9 rings (SSSR count). The highest BCUT2D eigenvalue weighted by Crippen LogP contribution is 2.62.